The second kappa shape index (κ2) is 6.78. The Kier molecular flexibility index (Phi) is 5.05. The molecular weight excluding hydrogens is 298 g/mol. The summed E-state index contributed by atoms with van der Waals surface area (Å²) in [6.07, 6.45) is 0. The number of nitrogens with zero attached hydrogens (tertiary/aromatic N) is 1. The average Bonchev–Trinajstić information content (AvgIpc) is 2.82. The van der Waals surface area contributed by atoms with Gasteiger partial charge >= 0.3 is 0 Å². The maximum atomic E-state index is 12.1. The maximum absolute atomic E-state index is 12.1. The van der Waals surface area contributed by atoms with Gasteiger partial charge in [0.25, 0.3) is 0 Å². The second-order valence-electron chi connectivity index (χ2n) is 4.04. The number of nitrogen functional groups attached to an aromatic ring is 1. The van der Waals surface area contributed by atoms with Gasteiger partial charge in [-0.3, -0.25) is 9.00 Å². The molecule has 1 atom stereocenters. The number of carbonyl (C=O) groups excluding carboxylic acids is 1. The third kappa shape index (κ3) is 3.75. The van der Waals surface area contributed by atoms with E-state index in [-0.39, 0.29) is 11.7 Å². The summed E-state index contributed by atoms with van der Waals surface area (Å²) >= 11 is 1.29. The van der Waals surface area contributed by atoms with Crippen LogP contribution in [0.1, 0.15) is 0 Å². The van der Waals surface area contributed by atoms with Gasteiger partial charge in [-0.2, -0.15) is 0 Å². The van der Waals surface area contributed by atoms with E-state index in [0.717, 1.165) is 10.2 Å². The summed E-state index contributed by atoms with van der Waals surface area (Å²) in [6.45, 7) is 0.835. The fraction of sp³-hybridized carbons (Fsp3) is 0.333. The van der Waals surface area contributed by atoms with Gasteiger partial charge in [0, 0.05) is 19.3 Å². The molecule has 1 unspecified atom stereocenters. The number of fused-ring (bicyclic) bond motifs is 1. The summed E-state index contributed by atoms with van der Waals surface area (Å²) in [4.78, 5) is 15.8. The number of amides is 1. The molecule has 0 radical (unpaired) electrons. The van der Waals surface area contributed by atoms with Gasteiger partial charge in [-0.25, -0.2) is 4.98 Å². The Hall–Kier alpha value is -1.51. The van der Waals surface area contributed by atoms with Crippen molar-refractivity contribution in [2.45, 2.75) is 4.34 Å². The third-order valence-corrected chi connectivity index (χ3v) is 5.10. The molecule has 108 valence electrons. The van der Waals surface area contributed by atoms with Crippen LogP contribution in [0.4, 0.5) is 5.69 Å². The van der Waals surface area contributed by atoms with Crippen molar-refractivity contribution in [3.63, 3.8) is 0 Å². The zero-order valence-electron chi connectivity index (χ0n) is 10.9. The standard InChI is InChI=1S/C12H15N3O3S2/c1-18-5-4-14-11(16)7-20(17)12-15-9-3-2-8(13)6-10(9)19-12/h2-3,6H,4-5,7,13H2,1H3,(H,14,16). The van der Waals surface area contributed by atoms with Crippen molar-refractivity contribution in [2.75, 3.05) is 31.7 Å². The third-order valence-electron chi connectivity index (χ3n) is 2.48. The second-order valence-corrected chi connectivity index (χ2v) is 6.70. The average molecular weight is 313 g/mol. The summed E-state index contributed by atoms with van der Waals surface area (Å²) < 4.78 is 18.2. The molecule has 8 heteroatoms. The van der Waals surface area contributed by atoms with Gasteiger partial charge in [0.15, 0.2) is 4.34 Å². The van der Waals surface area contributed by atoms with Crippen molar-refractivity contribution >= 4 is 43.9 Å². The molecule has 2 aromatic rings. The fourth-order valence-corrected chi connectivity index (χ4v) is 3.77. The molecule has 1 aromatic heterocycles. The SMILES string of the molecule is COCCNC(=O)CS(=O)c1nc2ccc(N)cc2s1. The Morgan fingerprint density at radius 1 is 1.55 bits per heavy atom. The number of aromatic nitrogens is 1. The van der Waals surface area contributed by atoms with E-state index in [0.29, 0.717) is 23.2 Å². The van der Waals surface area contributed by atoms with Gasteiger partial charge in [-0.15, -0.1) is 11.3 Å². The van der Waals surface area contributed by atoms with Gasteiger partial charge < -0.3 is 15.8 Å². The summed E-state index contributed by atoms with van der Waals surface area (Å²) in [6, 6.07) is 5.30. The number of nitrogens with one attached hydrogen (secondary N) is 1. The summed E-state index contributed by atoms with van der Waals surface area (Å²) in [5.41, 5.74) is 7.06. The van der Waals surface area contributed by atoms with Crippen LogP contribution in [0.25, 0.3) is 10.2 Å². The Balaban J connectivity index is 2.02. The number of benzene rings is 1. The number of hydrogen-bond acceptors (Lipinski definition) is 6. The van der Waals surface area contributed by atoms with E-state index in [4.69, 9.17) is 10.5 Å². The Morgan fingerprint density at radius 2 is 2.35 bits per heavy atom. The highest BCUT2D eigenvalue weighted by molar-refractivity contribution is 7.88. The highest BCUT2D eigenvalue weighted by Gasteiger charge is 2.14. The lowest BCUT2D eigenvalue weighted by Gasteiger charge is -2.02. The molecule has 0 aliphatic carbocycles. The van der Waals surface area contributed by atoms with Crippen LogP contribution < -0.4 is 11.1 Å². The smallest absolute Gasteiger partial charge is 0.233 e. The van der Waals surface area contributed by atoms with Crippen molar-refractivity contribution < 1.29 is 13.7 Å². The molecule has 20 heavy (non-hydrogen) atoms. The minimum atomic E-state index is -1.44. The first-order valence-corrected chi connectivity index (χ1v) is 8.04. The number of nitrogens with two attached hydrogens (primary N) is 1. The Labute approximate surface area is 122 Å². The van der Waals surface area contributed by atoms with Gasteiger partial charge in [-0.1, -0.05) is 0 Å². The van der Waals surface area contributed by atoms with E-state index in [9.17, 15) is 9.00 Å². The lowest BCUT2D eigenvalue weighted by Crippen LogP contribution is -2.30. The number of thiazole rings is 1. The predicted molar refractivity (Wildman–Crippen MR) is 80.2 cm³/mol. The first kappa shape index (κ1) is 14.9. The quantitative estimate of drug-likeness (QED) is 0.606. The number of hydrogen-bond donors (Lipinski definition) is 2. The van der Waals surface area contributed by atoms with Crippen LogP contribution >= 0.6 is 11.3 Å². The molecule has 0 saturated heterocycles. The van der Waals surface area contributed by atoms with Gasteiger partial charge in [-0.05, 0) is 18.2 Å². The molecule has 6 nitrogen and oxygen atoms in total. The number of methoxy groups -OCH3 is 1. The first-order valence-electron chi connectivity index (χ1n) is 5.90. The molecule has 2 rings (SSSR count). The number of ether oxygens (including phenoxy) is 1. The zero-order valence-corrected chi connectivity index (χ0v) is 12.6. The lowest BCUT2D eigenvalue weighted by atomic mass is 10.3. The molecule has 0 aliphatic heterocycles. The van der Waals surface area contributed by atoms with E-state index in [1.165, 1.54) is 11.3 Å². The molecule has 1 aromatic carbocycles. The maximum Gasteiger partial charge on any atom is 0.233 e. The van der Waals surface area contributed by atoms with Crippen molar-refractivity contribution in [3.8, 4) is 0 Å². The van der Waals surface area contributed by atoms with E-state index in [2.05, 4.69) is 10.3 Å². The highest BCUT2D eigenvalue weighted by atomic mass is 32.2. The van der Waals surface area contributed by atoms with Crippen molar-refractivity contribution in [1.82, 2.24) is 10.3 Å². The summed E-state index contributed by atoms with van der Waals surface area (Å²) in [5, 5.41) is 2.63. The Morgan fingerprint density at radius 3 is 3.10 bits per heavy atom. The number of carbonyl (C=O) groups is 1. The van der Waals surface area contributed by atoms with Crippen LogP contribution in [0.3, 0.4) is 0 Å². The van der Waals surface area contributed by atoms with E-state index in [1.54, 1.807) is 25.3 Å². The predicted octanol–water partition coefficient (Wildman–Crippen LogP) is 0.749. The Bertz CT molecular complexity index is 642. The molecule has 0 bridgehead atoms. The highest BCUT2D eigenvalue weighted by Crippen LogP contribution is 2.26. The molecule has 0 saturated carbocycles. The minimum absolute atomic E-state index is 0.0982. The van der Waals surface area contributed by atoms with Gasteiger partial charge in [0.1, 0.15) is 5.75 Å². The van der Waals surface area contributed by atoms with Crippen LogP contribution in [0.15, 0.2) is 22.5 Å². The van der Waals surface area contributed by atoms with Crippen molar-refractivity contribution in [1.29, 1.82) is 0 Å². The molecule has 1 heterocycles. The monoisotopic (exact) mass is 313 g/mol. The topological polar surface area (TPSA) is 94.3 Å². The molecule has 1 amide bonds. The lowest BCUT2D eigenvalue weighted by molar-refractivity contribution is -0.118. The van der Waals surface area contributed by atoms with Crippen LogP contribution in [-0.2, 0) is 20.3 Å². The first-order chi connectivity index (χ1) is 9.60. The van der Waals surface area contributed by atoms with Crippen LogP contribution in [0.5, 0.6) is 0 Å². The number of anilines is 1. The van der Waals surface area contributed by atoms with Crippen LogP contribution in [0, 0.1) is 0 Å². The molecule has 0 aliphatic rings. The van der Waals surface area contributed by atoms with Crippen molar-refractivity contribution in [2.24, 2.45) is 0 Å². The van der Waals surface area contributed by atoms with Crippen LogP contribution in [-0.4, -0.2) is 41.1 Å². The number of rotatable bonds is 6. The largest absolute Gasteiger partial charge is 0.399 e. The van der Waals surface area contributed by atoms with E-state index < -0.39 is 10.8 Å². The summed E-state index contributed by atoms with van der Waals surface area (Å²) in [7, 11) is 0.108. The molecule has 3 N–H and O–H groups in total. The minimum Gasteiger partial charge on any atom is -0.399 e. The molecular formula is C12H15N3O3S2. The van der Waals surface area contributed by atoms with E-state index in [1.807, 2.05) is 0 Å². The van der Waals surface area contributed by atoms with Gasteiger partial charge in [0.2, 0.25) is 5.91 Å². The van der Waals surface area contributed by atoms with Gasteiger partial charge in [0.05, 0.1) is 27.6 Å². The fourth-order valence-electron chi connectivity index (χ4n) is 1.54. The molecule has 0 spiro atoms. The van der Waals surface area contributed by atoms with Crippen molar-refractivity contribution in [3.05, 3.63) is 18.2 Å². The normalized spacial score (nSPS) is 12.4. The zero-order chi connectivity index (χ0) is 14.5. The molecule has 0 fully saturated rings. The van der Waals surface area contributed by atoms with Crippen LogP contribution in [0.2, 0.25) is 0 Å². The van der Waals surface area contributed by atoms with E-state index >= 15 is 0 Å². The summed E-state index contributed by atoms with van der Waals surface area (Å²) in [5.74, 6) is -0.377.